The summed E-state index contributed by atoms with van der Waals surface area (Å²) in [7, 11) is 13.4. The van der Waals surface area contributed by atoms with Gasteiger partial charge < -0.3 is 13.9 Å². The Kier molecular flexibility index (Phi) is 10.7. The summed E-state index contributed by atoms with van der Waals surface area (Å²) < 4.78 is 33.3. The van der Waals surface area contributed by atoms with Gasteiger partial charge in [0, 0.05) is 48.2 Å². The molecular weight excluding hydrogens is 562 g/mol. The van der Waals surface area contributed by atoms with Crippen molar-refractivity contribution in [3.05, 3.63) is 77.8 Å². The van der Waals surface area contributed by atoms with Crippen LogP contribution in [-0.4, -0.2) is 99.9 Å². The van der Waals surface area contributed by atoms with E-state index in [4.69, 9.17) is 0 Å². The van der Waals surface area contributed by atoms with E-state index in [2.05, 4.69) is 122 Å². The minimum Gasteiger partial charge on any atom is -0.344 e. The van der Waals surface area contributed by atoms with Gasteiger partial charge >= 0.3 is 0 Å². The smallest absolute Gasteiger partial charge is 0.182 e. The Bertz CT molecular complexity index is 1350. The van der Waals surface area contributed by atoms with E-state index in [1.54, 1.807) is 12.1 Å². The number of rotatable bonds is 12. The van der Waals surface area contributed by atoms with Crippen molar-refractivity contribution in [1.29, 1.82) is 0 Å². The first-order chi connectivity index (χ1) is 20.9. The Hall–Kier alpha value is -2.57. The molecule has 1 saturated carbocycles. The Morgan fingerprint density at radius 2 is 1.53 bits per heavy atom. The van der Waals surface area contributed by atoms with Crippen LogP contribution in [0.3, 0.4) is 0 Å². The third-order valence-corrected chi connectivity index (χ3v) is 10.3. The summed E-state index contributed by atoms with van der Waals surface area (Å²) in [6.07, 6.45) is 18.8. The normalized spacial score (nSPS) is 25.8. The topological polar surface area (TPSA) is 6.25 Å². The van der Waals surface area contributed by atoms with Gasteiger partial charge in [0.15, 0.2) is 11.8 Å². The number of quaternary nitrogens is 2. The van der Waals surface area contributed by atoms with Gasteiger partial charge in [0.25, 0.3) is 0 Å². The second-order valence-corrected chi connectivity index (χ2v) is 16.7. The number of hydrogen-bond acceptors (Lipinski definition) is 1. The van der Waals surface area contributed by atoms with Gasteiger partial charge in [-0.1, -0.05) is 44.2 Å². The maximum atomic E-state index is 14.5. The molecule has 1 aliphatic carbocycles. The second kappa shape index (κ2) is 13.7. The molecule has 0 amide bonds. The largest absolute Gasteiger partial charge is 0.344 e. The van der Waals surface area contributed by atoms with Crippen LogP contribution in [-0.2, 0) is 5.41 Å². The number of hydrogen-bond donors (Lipinski definition) is 0. The van der Waals surface area contributed by atoms with E-state index in [-0.39, 0.29) is 16.6 Å². The maximum Gasteiger partial charge on any atom is 0.182 e. The van der Waals surface area contributed by atoms with Crippen molar-refractivity contribution in [1.82, 2.24) is 0 Å². The Labute approximate surface area is 273 Å². The van der Waals surface area contributed by atoms with Gasteiger partial charge in [-0.2, -0.15) is 0 Å². The van der Waals surface area contributed by atoms with E-state index in [0.29, 0.717) is 24.8 Å². The molecule has 4 nitrogen and oxygen atoms in total. The lowest BCUT2D eigenvalue weighted by atomic mass is 9.68. The lowest BCUT2D eigenvalue weighted by molar-refractivity contribution is -0.871. The van der Waals surface area contributed by atoms with Crippen LogP contribution in [0.5, 0.6) is 0 Å². The molecule has 1 fully saturated rings. The molecule has 2 aliphatic heterocycles. The first-order valence-corrected chi connectivity index (χ1v) is 17.1. The highest BCUT2D eigenvalue weighted by Gasteiger charge is 2.55. The molecular formula is C39H61F2N4+3. The number of allylic oxidation sites excluding steroid dienone is 8. The lowest BCUT2D eigenvalue weighted by Gasteiger charge is -2.32. The standard InChI is InChI=1S/C39H61F2N4/c1-38(2)32-28-30(40)20-22-34(32)42(24-16-26-44(5,6)7)36(38)18-14-12-11-13-15-19-37-39(3,4)33-29-31(41)21-23-35(33)43(37)25-17-27-45(8,9)10/h11-15,18-20,22,28,31,33,35H,16-17,21,23-27,29H2,1-10H3/q+3. The highest BCUT2D eigenvalue weighted by atomic mass is 19.1. The number of anilines is 1. The third kappa shape index (κ3) is 8.43. The molecule has 0 aromatic heterocycles. The summed E-state index contributed by atoms with van der Waals surface area (Å²) in [6, 6.07) is 5.65. The average Bonchev–Trinajstić information content (AvgIpc) is 3.25. The van der Waals surface area contributed by atoms with Gasteiger partial charge in [0.2, 0.25) is 0 Å². The molecule has 3 atom stereocenters. The monoisotopic (exact) mass is 623 g/mol. The van der Waals surface area contributed by atoms with Gasteiger partial charge in [0.1, 0.15) is 18.5 Å². The molecule has 6 heteroatoms. The molecule has 0 bridgehead atoms. The summed E-state index contributed by atoms with van der Waals surface area (Å²) in [5, 5.41) is 0. The van der Waals surface area contributed by atoms with E-state index in [9.17, 15) is 8.78 Å². The SMILES string of the molecule is CC1(C)\C(=C/C=C/C=C/C=C/C2=[N+](CCC[N+](C)(C)C)C3CCC(F)CC3C2(C)C)N(CCC[N+](C)(C)C)c2ccc(F)cc21. The van der Waals surface area contributed by atoms with Gasteiger partial charge in [-0.15, -0.1) is 0 Å². The van der Waals surface area contributed by atoms with Crippen LogP contribution >= 0.6 is 0 Å². The van der Waals surface area contributed by atoms with Gasteiger partial charge in [-0.05, 0) is 56.5 Å². The minimum atomic E-state index is -0.675. The quantitative estimate of drug-likeness (QED) is 0.132. The fourth-order valence-corrected chi connectivity index (χ4v) is 7.88. The summed E-state index contributed by atoms with van der Waals surface area (Å²) >= 11 is 0. The van der Waals surface area contributed by atoms with Crippen LogP contribution in [0.4, 0.5) is 14.5 Å². The van der Waals surface area contributed by atoms with Gasteiger partial charge in [-0.3, -0.25) is 0 Å². The zero-order valence-electron chi connectivity index (χ0n) is 29.9. The van der Waals surface area contributed by atoms with Crippen LogP contribution in [0.2, 0.25) is 0 Å². The van der Waals surface area contributed by atoms with Gasteiger partial charge in [0.05, 0.1) is 67.2 Å². The maximum absolute atomic E-state index is 14.5. The van der Waals surface area contributed by atoms with Crippen molar-refractivity contribution in [2.24, 2.45) is 11.3 Å². The molecule has 0 spiro atoms. The van der Waals surface area contributed by atoms with Crippen molar-refractivity contribution < 1.29 is 22.3 Å². The Morgan fingerprint density at radius 1 is 0.889 bits per heavy atom. The lowest BCUT2D eigenvalue weighted by Crippen LogP contribution is -2.40. The van der Waals surface area contributed by atoms with Crippen LogP contribution in [0.15, 0.2) is 66.4 Å². The van der Waals surface area contributed by atoms with Crippen LogP contribution in [0.1, 0.15) is 65.4 Å². The number of halogens is 2. The molecule has 1 aromatic rings. The number of alkyl halides is 1. The highest BCUT2D eigenvalue weighted by Crippen LogP contribution is 2.48. The van der Waals surface area contributed by atoms with E-state index < -0.39 is 6.17 Å². The van der Waals surface area contributed by atoms with E-state index in [0.717, 1.165) is 65.7 Å². The fourth-order valence-electron chi connectivity index (χ4n) is 7.88. The molecule has 1 aromatic carbocycles. The van der Waals surface area contributed by atoms with Crippen molar-refractivity contribution in [2.75, 3.05) is 73.4 Å². The number of fused-ring (bicyclic) bond motifs is 2. The molecule has 3 unspecified atom stereocenters. The summed E-state index contributed by atoms with van der Waals surface area (Å²) in [5.74, 6) is 0.178. The number of nitrogens with zero attached hydrogens (tertiary/aromatic N) is 4. The number of benzene rings is 1. The predicted octanol–water partition coefficient (Wildman–Crippen LogP) is 7.67. The zero-order chi connectivity index (χ0) is 33.2. The molecule has 2 heterocycles. The molecule has 3 aliphatic rings. The van der Waals surface area contributed by atoms with Crippen molar-refractivity contribution in [3.8, 4) is 0 Å². The Balaban J connectivity index is 1.51. The molecule has 45 heavy (non-hydrogen) atoms. The highest BCUT2D eigenvalue weighted by molar-refractivity contribution is 5.96. The molecule has 0 radical (unpaired) electrons. The van der Waals surface area contributed by atoms with E-state index >= 15 is 0 Å². The van der Waals surface area contributed by atoms with E-state index in [1.807, 2.05) is 6.07 Å². The second-order valence-electron chi connectivity index (χ2n) is 16.7. The first-order valence-electron chi connectivity index (χ1n) is 17.1. The summed E-state index contributed by atoms with van der Waals surface area (Å²) in [6.45, 7) is 13.2. The van der Waals surface area contributed by atoms with Crippen molar-refractivity contribution in [3.63, 3.8) is 0 Å². The third-order valence-electron chi connectivity index (χ3n) is 10.3. The molecule has 0 saturated heterocycles. The molecule has 0 N–H and O–H groups in total. The van der Waals surface area contributed by atoms with E-state index in [1.165, 1.54) is 11.4 Å². The van der Waals surface area contributed by atoms with Crippen LogP contribution in [0.25, 0.3) is 0 Å². The summed E-state index contributed by atoms with van der Waals surface area (Å²) in [5.41, 5.74) is 4.39. The Morgan fingerprint density at radius 3 is 2.22 bits per heavy atom. The zero-order valence-corrected chi connectivity index (χ0v) is 29.9. The molecule has 4 rings (SSSR count). The van der Waals surface area contributed by atoms with Crippen LogP contribution < -0.4 is 4.90 Å². The van der Waals surface area contributed by atoms with Crippen molar-refractivity contribution in [2.45, 2.75) is 77.4 Å². The minimum absolute atomic E-state index is 0.0471. The van der Waals surface area contributed by atoms with Gasteiger partial charge in [-0.25, -0.2) is 13.4 Å². The fraction of sp³-hybridized carbons (Fsp3) is 0.615. The first kappa shape index (κ1) is 35.3. The van der Waals surface area contributed by atoms with Crippen molar-refractivity contribution >= 4 is 11.4 Å². The summed E-state index contributed by atoms with van der Waals surface area (Å²) in [4.78, 5) is 2.38. The predicted molar refractivity (Wildman–Crippen MR) is 187 cm³/mol. The van der Waals surface area contributed by atoms with Crippen LogP contribution in [0, 0.1) is 17.2 Å². The average molecular weight is 624 g/mol. The molecule has 248 valence electrons.